The number of methoxy groups -OCH3 is 1. The second kappa shape index (κ2) is 7.33. The summed E-state index contributed by atoms with van der Waals surface area (Å²) < 4.78 is 48.1. The molecule has 8 heteroatoms. The minimum atomic E-state index is -3.91. The molecule has 1 aromatic carbocycles. The largest absolute Gasteiger partial charge is 0.495 e. The minimum Gasteiger partial charge on any atom is -0.495 e. The number of hydrogen-bond donors (Lipinski definition) is 1. The fraction of sp³-hybridized carbons (Fsp3) is 0.375. The predicted octanol–water partition coefficient (Wildman–Crippen LogP) is 1.75. The van der Waals surface area contributed by atoms with E-state index in [1.165, 1.54) is 13.2 Å². The average Bonchev–Trinajstić information content (AvgIpc) is 2.93. The summed E-state index contributed by atoms with van der Waals surface area (Å²) in [5.74, 6) is -0.535. The van der Waals surface area contributed by atoms with Crippen LogP contribution < -0.4 is 9.46 Å². The molecule has 1 heterocycles. The van der Waals surface area contributed by atoms with Gasteiger partial charge in [0.15, 0.2) is 0 Å². The fourth-order valence-electron chi connectivity index (χ4n) is 2.50. The lowest BCUT2D eigenvalue weighted by Crippen LogP contribution is -2.35. The Balaban J connectivity index is 2.26. The van der Waals surface area contributed by atoms with Gasteiger partial charge in [-0.25, -0.2) is 17.5 Å². The van der Waals surface area contributed by atoms with Crippen molar-refractivity contribution in [1.82, 2.24) is 14.2 Å². The Bertz CT molecular complexity index is 803. The van der Waals surface area contributed by atoms with Gasteiger partial charge in [0.1, 0.15) is 16.5 Å². The summed E-state index contributed by atoms with van der Waals surface area (Å²) >= 11 is 0. The zero-order chi connectivity index (χ0) is 17.9. The molecule has 1 aromatic heterocycles. The molecule has 0 fully saturated rings. The Hall–Kier alpha value is -1.90. The Morgan fingerprint density at radius 2 is 2.04 bits per heavy atom. The van der Waals surface area contributed by atoms with Gasteiger partial charge < -0.3 is 9.30 Å². The maximum atomic E-state index is 13.5. The second-order valence-electron chi connectivity index (χ2n) is 5.67. The van der Waals surface area contributed by atoms with Crippen LogP contribution in [0.4, 0.5) is 4.39 Å². The van der Waals surface area contributed by atoms with Gasteiger partial charge in [-0.15, -0.1) is 0 Å². The van der Waals surface area contributed by atoms with Crippen molar-refractivity contribution in [1.29, 1.82) is 0 Å². The van der Waals surface area contributed by atoms with Crippen molar-refractivity contribution < 1.29 is 17.5 Å². The van der Waals surface area contributed by atoms with Crippen LogP contribution >= 0.6 is 0 Å². The van der Waals surface area contributed by atoms with E-state index in [1.54, 1.807) is 0 Å². The highest BCUT2D eigenvalue weighted by Crippen LogP contribution is 2.25. The molecule has 1 N–H and O–H groups in total. The Kier molecular flexibility index (Phi) is 5.63. The first-order valence-corrected chi connectivity index (χ1v) is 8.85. The predicted molar refractivity (Wildman–Crippen MR) is 90.0 cm³/mol. The van der Waals surface area contributed by atoms with Crippen molar-refractivity contribution in [3.05, 3.63) is 48.0 Å². The molecule has 0 aliphatic rings. The molecule has 6 nitrogen and oxygen atoms in total. The number of nitrogens with zero attached hydrogens (tertiary/aromatic N) is 2. The number of nitrogens with one attached hydrogen (secondary N) is 1. The second-order valence-corrected chi connectivity index (χ2v) is 7.41. The molecule has 1 unspecified atom stereocenters. The molecule has 0 spiro atoms. The van der Waals surface area contributed by atoms with E-state index in [0.29, 0.717) is 0 Å². The number of benzene rings is 1. The molecular formula is C16H22FN3O3S. The molecule has 0 amide bonds. The number of aromatic nitrogens is 1. The SMILES string of the molecule is COc1ccc(F)cc1S(=O)(=O)NCC(c1cccn1C)N(C)C. The number of sulfonamides is 1. The lowest BCUT2D eigenvalue weighted by atomic mass is 10.2. The highest BCUT2D eigenvalue weighted by molar-refractivity contribution is 7.89. The van der Waals surface area contributed by atoms with Gasteiger partial charge in [-0.3, -0.25) is 4.90 Å². The van der Waals surface area contributed by atoms with E-state index in [1.807, 2.05) is 48.9 Å². The van der Waals surface area contributed by atoms with E-state index in [4.69, 9.17) is 4.74 Å². The van der Waals surface area contributed by atoms with E-state index in [9.17, 15) is 12.8 Å². The summed E-state index contributed by atoms with van der Waals surface area (Å²) in [6.45, 7) is 0.146. The number of likely N-dealkylation sites (N-methyl/N-ethyl adjacent to an activating group) is 1. The maximum absolute atomic E-state index is 13.5. The number of halogens is 1. The number of hydrogen-bond acceptors (Lipinski definition) is 4. The molecule has 0 bridgehead atoms. The van der Waals surface area contributed by atoms with Crippen molar-refractivity contribution in [2.75, 3.05) is 27.7 Å². The van der Waals surface area contributed by atoms with Gasteiger partial charge in [0.25, 0.3) is 0 Å². The van der Waals surface area contributed by atoms with Crippen LogP contribution in [0.3, 0.4) is 0 Å². The Morgan fingerprint density at radius 1 is 1.33 bits per heavy atom. The third-order valence-corrected chi connectivity index (χ3v) is 5.28. The van der Waals surface area contributed by atoms with Gasteiger partial charge in [-0.1, -0.05) is 0 Å². The Morgan fingerprint density at radius 3 is 2.58 bits per heavy atom. The van der Waals surface area contributed by atoms with Crippen molar-refractivity contribution in [2.45, 2.75) is 10.9 Å². The zero-order valence-electron chi connectivity index (χ0n) is 14.2. The van der Waals surface area contributed by atoms with E-state index < -0.39 is 15.8 Å². The van der Waals surface area contributed by atoms with Gasteiger partial charge in [-0.2, -0.15) is 0 Å². The zero-order valence-corrected chi connectivity index (χ0v) is 15.0. The fourth-order valence-corrected chi connectivity index (χ4v) is 3.72. The molecule has 0 aliphatic heterocycles. The van der Waals surface area contributed by atoms with Crippen molar-refractivity contribution in [2.24, 2.45) is 7.05 Å². The van der Waals surface area contributed by atoms with E-state index >= 15 is 0 Å². The van der Waals surface area contributed by atoms with Crippen LogP contribution in [0.2, 0.25) is 0 Å². The first-order valence-electron chi connectivity index (χ1n) is 7.37. The van der Waals surface area contributed by atoms with Gasteiger partial charge in [0.2, 0.25) is 10.0 Å². The van der Waals surface area contributed by atoms with E-state index in [0.717, 1.165) is 17.8 Å². The van der Waals surface area contributed by atoms with Crippen molar-refractivity contribution in [3.63, 3.8) is 0 Å². The smallest absolute Gasteiger partial charge is 0.244 e. The number of aryl methyl sites for hydroxylation is 1. The highest BCUT2D eigenvalue weighted by Gasteiger charge is 2.24. The summed E-state index contributed by atoms with van der Waals surface area (Å²) in [7, 11) is 3.08. The minimum absolute atomic E-state index is 0.101. The average molecular weight is 355 g/mol. The van der Waals surface area contributed by atoms with Crippen molar-refractivity contribution in [3.8, 4) is 5.75 Å². The van der Waals surface area contributed by atoms with Gasteiger partial charge in [0.05, 0.1) is 13.2 Å². The van der Waals surface area contributed by atoms with Gasteiger partial charge >= 0.3 is 0 Å². The number of rotatable bonds is 7. The molecule has 24 heavy (non-hydrogen) atoms. The molecular weight excluding hydrogens is 333 g/mol. The van der Waals surface area contributed by atoms with E-state index in [-0.39, 0.29) is 23.2 Å². The Labute approximate surface area is 141 Å². The van der Waals surface area contributed by atoms with Gasteiger partial charge in [0, 0.05) is 25.5 Å². The first-order chi connectivity index (χ1) is 11.3. The molecule has 0 radical (unpaired) electrons. The van der Waals surface area contributed by atoms with Crippen LogP contribution in [-0.2, 0) is 17.1 Å². The summed E-state index contributed by atoms with van der Waals surface area (Å²) in [6, 6.07) is 7.07. The third-order valence-electron chi connectivity index (χ3n) is 3.83. The summed E-state index contributed by atoms with van der Waals surface area (Å²) in [5, 5.41) is 0. The molecule has 2 rings (SSSR count). The molecule has 0 saturated carbocycles. The molecule has 1 atom stereocenters. The monoisotopic (exact) mass is 355 g/mol. The maximum Gasteiger partial charge on any atom is 0.244 e. The van der Waals surface area contributed by atoms with Gasteiger partial charge in [-0.05, 0) is 44.4 Å². The molecule has 132 valence electrons. The van der Waals surface area contributed by atoms with Crippen LogP contribution in [-0.4, -0.2) is 45.6 Å². The summed E-state index contributed by atoms with van der Waals surface area (Å²) in [4.78, 5) is 1.70. The van der Waals surface area contributed by atoms with Crippen LogP contribution in [0, 0.1) is 5.82 Å². The van der Waals surface area contributed by atoms with E-state index in [2.05, 4.69) is 4.72 Å². The first kappa shape index (κ1) is 18.4. The third kappa shape index (κ3) is 3.95. The molecule has 2 aromatic rings. The standard InChI is InChI=1S/C16H22FN3O3S/c1-19(2)14(13-6-5-9-20(13)3)11-18-24(21,22)16-10-12(17)7-8-15(16)23-4/h5-10,14,18H,11H2,1-4H3. The molecule has 0 saturated heterocycles. The lowest BCUT2D eigenvalue weighted by molar-refractivity contribution is 0.289. The molecule has 0 aliphatic carbocycles. The van der Waals surface area contributed by atoms with Crippen LogP contribution in [0.15, 0.2) is 41.4 Å². The van der Waals surface area contributed by atoms with Crippen LogP contribution in [0.1, 0.15) is 11.7 Å². The van der Waals surface area contributed by atoms with Crippen LogP contribution in [0.25, 0.3) is 0 Å². The lowest BCUT2D eigenvalue weighted by Gasteiger charge is -2.25. The quantitative estimate of drug-likeness (QED) is 0.822. The summed E-state index contributed by atoms with van der Waals surface area (Å²) in [6.07, 6.45) is 1.90. The number of ether oxygens (including phenoxy) is 1. The van der Waals surface area contributed by atoms with Crippen molar-refractivity contribution >= 4 is 10.0 Å². The highest BCUT2D eigenvalue weighted by atomic mass is 32.2. The van der Waals surface area contributed by atoms with Crippen LogP contribution in [0.5, 0.6) is 5.75 Å². The normalized spacial score (nSPS) is 13.2. The topological polar surface area (TPSA) is 63.6 Å². The summed E-state index contributed by atoms with van der Waals surface area (Å²) in [5.41, 5.74) is 0.967.